The fourth-order valence-corrected chi connectivity index (χ4v) is 17.7. The van der Waals surface area contributed by atoms with Crippen molar-refractivity contribution < 1.29 is 15.4 Å². The molecule has 482 valence electrons. The van der Waals surface area contributed by atoms with Gasteiger partial charge >= 0.3 is 0 Å². The highest BCUT2D eigenvalue weighted by molar-refractivity contribution is 7.26. The molecule has 0 radical (unpaired) electrons. The van der Waals surface area contributed by atoms with Crippen molar-refractivity contribution in [1.29, 1.82) is 0 Å². The molecule has 101 heavy (non-hydrogen) atoms. The van der Waals surface area contributed by atoms with E-state index < -0.39 is 18.8 Å². The van der Waals surface area contributed by atoms with E-state index in [1.807, 2.05) is 30.6 Å². The number of pyridine rings is 1. The van der Waals surface area contributed by atoms with Gasteiger partial charge in [-0.2, -0.15) is 0 Å². The van der Waals surface area contributed by atoms with Crippen molar-refractivity contribution in [2.24, 2.45) is 0 Å². The van der Waals surface area contributed by atoms with Crippen LogP contribution in [0.2, 0.25) is 0 Å². The van der Waals surface area contributed by atoms with Crippen molar-refractivity contribution in [2.45, 2.75) is 65.2 Å². The lowest BCUT2D eigenvalue weighted by atomic mass is 9.33. The van der Waals surface area contributed by atoms with Gasteiger partial charge in [-0.15, -0.1) is 11.3 Å². The van der Waals surface area contributed by atoms with E-state index in [0.717, 1.165) is 159 Å². The van der Waals surface area contributed by atoms with Gasteiger partial charge in [0, 0.05) is 116 Å². The number of benzene rings is 12. The maximum atomic E-state index is 9.91. The van der Waals surface area contributed by atoms with E-state index in [0.29, 0.717) is 11.4 Å². The molecular formula is C93H70BN5OS. The molecule has 8 heteroatoms. The van der Waals surface area contributed by atoms with Crippen LogP contribution < -0.4 is 26.2 Å². The van der Waals surface area contributed by atoms with Crippen molar-refractivity contribution >= 4 is 149 Å². The number of fused-ring (bicyclic) bond motifs is 17. The smallest absolute Gasteiger partial charge is 0.252 e. The first-order valence-electron chi connectivity index (χ1n) is 38.7. The van der Waals surface area contributed by atoms with Crippen LogP contribution in [0.4, 0.5) is 34.1 Å². The maximum Gasteiger partial charge on any atom is 0.252 e. The predicted octanol–water partition coefficient (Wildman–Crippen LogP) is 23.6. The highest BCUT2D eigenvalue weighted by Crippen LogP contribution is 2.54. The fraction of sp³-hybridized carbons (Fsp3) is 0.108. The van der Waals surface area contributed by atoms with E-state index in [4.69, 9.17) is 12.1 Å². The number of hydrogen-bond acceptors (Lipinski definition) is 5. The summed E-state index contributed by atoms with van der Waals surface area (Å²) in [6.45, 7) is 13.1. The minimum absolute atomic E-state index is 0.0719. The molecule has 3 aliphatic rings. The zero-order valence-electron chi connectivity index (χ0n) is 64.6. The minimum atomic E-state index is -0.480. The molecule has 17 aromatic rings. The van der Waals surface area contributed by atoms with Crippen molar-refractivity contribution in [3.63, 3.8) is 0 Å². The average Bonchev–Trinajstić information content (AvgIpc) is 1.13. The molecule has 0 atom stereocenters. The molecule has 0 spiro atoms. The summed E-state index contributed by atoms with van der Waals surface area (Å²) in [5, 5.41) is 6.69. The molecule has 20 rings (SSSR count). The first-order chi connectivity index (χ1) is 52.7. The molecule has 0 unspecified atom stereocenters. The lowest BCUT2D eigenvalue weighted by Crippen LogP contribution is -2.61. The Morgan fingerprint density at radius 3 is 1.77 bits per heavy atom. The van der Waals surface area contributed by atoms with Crippen LogP contribution in [0.3, 0.4) is 0 Å². The Morgan fingerprint density at radius 2 is 1.08 bits per heavy atom. The molecule has 0 bridgehead atoms. The first-order valence-corrected chi connectivity index (χ1v) is 35.5. The van der Waals surface area contributed by atoms with Crippen LogP contribution in [0, 0.1) is 0 Å². The number of rotatable bonds is 7. The van der Waals surface area contributed by atoms with Gasteiger partial charge in [-0.05, 0) is 164 Å². The van der Waals surface area contributed by atoms with Gasteiger partial charge in [-0.1, -0.05) is 223 Å². The number of para-hydroxylation sites is 3. The van der Waals surface area contributed by atoms with Crippen molar-refractivity contribution in [3.05, 3.63) is 308 Å². The number of furan rings is 1. The van der Waals surface area contributed by atoms with Gasteiger partial charge in [0.15, 0.2) is 0 Å². The van der Waals surface area contributed by atoms with Gasteiger partial charge in [0.05, 0.1) is 45.1 Å². The van der Waals surface area contributed by atoms with Crippen molar-refractivity contribution in [1.82, 2.24) is 14.1 Å². The summed E-state index contributed by atoms with van der Waals surface area (Å²) in [7, 11) is 0. The summed E-state index contributed by atoms with van der Waals surface area (Å²) in [6, 6.07) is 81.1. The Morgan fingerprint density at radius 1 is 0.455 bits per heavy atom. The van der Waals surface area contributed by atoms with Crippen molar-refractivity contribution in [3.8, 4) is 44.8 Å². The van der Waals surface area contributed by atoms with Crippen LogP contribution in [-0.2, 0) is 17.3 Å². The molecule has 0 saturated heterocycles. The molecule has 12 aromatic carbocycles. The Bertz CT molecular complexity index is 6840. The number of thiophene rings is 1. The van der Waals surface area contributed by atoms with Crippen LogP contribution in [0.15, 0.2) is 290 Å². The molecule has 1 aliphatic carbocycles. The highest BCUT2D eigenvalue weighted by atomic mass is 32.1. The summed E-state index contributed by atoms with van der Waals surface area (Å²) >= 11 is 1.79. The molecule has 2 aliphatic heterocycles. The van der Waals surface area contributed by atoms with E-state index in [1.54, 1.807) is 15.9 Å². The Hall–Kier alpha value is -11.7. The average molecular weight is 1320 g/mol. The summed E-state index contributed by atoms with van der Waals surface area (Å²) in [6.07, 6.45) is 3.39. The maximum absolute atomic E-state index is 9.91. The van der Waals surface area contributed by atoms with Crippen LogP contribution >= 0.6 is 11.3 Å². The van der Waals surface area contributed by atoms with E-state index >= 15 is 0 Å². The lowest BCUT2D eigenvalue weighted by Gasteiger charge is -2.45. The van der Waals surface area contributed by atoms with E-state index in [-0.39, 0.29) is 76.4 Å². The van der Waals surface area contributed by atoms with Gasteiger partial charge in [-0.25, -0.2) is 0 Å². The first kappa shape index (κ1) is 51.5. The summed E-state index contributed by atoms with van der Waals surface area (Å²) in [5.41, 5.74) is 22.3. The zero-order chi connectivity index (χ0) is 74.5. The standard InChI is InChI=1S/C93H70BN5OS/c1-92(2,3)60-38-44-78(71(52-60)57-24-11-9-12-25-57)98-80-54-62(96-75-34-16-8-7-15-28-65(75)66-29-17-20-35-76(66)96)40-42-73(80)94-74-43-41-63(97-77-36-21-18-30-67(77)68-48-49-95-56-84(68)97)55-81(74)99(79-45-39-61(93(4,5)6)53-72(79)58-26-13-10-14-27-58)83-51-59(50-82(98)90(83)94)64-32-23-33-70-89-87(101-91(64)70)47-46-86-88(89)69-31-19-22-37-85(69)100-86/h8-33,35-56H,7,34H2,1-6H3/b16-8-,28-15-/i8D,15D,16D,17D,20D,28D,29D,35D. The Balaban J connectivity index is 0.966. The molecule has 7 heterocycles. The van der Waals surface area contributed by atoms with E-state index in [2.05, 4.69) is 268 Å². The topological polar surface area (TPSA) is 42.4 Å². The van der Waals surface area contributed by atoms with Gasteiger partial charge in [0.2, 0.25) is 0 Å². The number of allylic oxidation sites excluding steroid dienone is 3. The van der Waals surface area contributed by atoms with Gasteiger partial charge < -0.3 is 23.4 Å². The Labute approximate surface area is 603 Å². The minimum Gasteiger partial charge on any atom is -0.456 e. The molecule has 5 aromatic heterocycles. The van der Waals surface area contributed by atoms with Gasteiger partial charge in [0.1, 0.15) is 11.2 Å². The second-order valence-electron chi connectivity index (χ2n) is 29.0. The third-order valence-corrected chi connectivity index (χ3v) is 22.4. The van der Waals surface area contributed by atoms with Gasteiger partial charge in [-0.3, -0.25) is 4.98 Å². The third-order valence-electron chi connectivity index (χ3n) is 21.2. The van der Waals surface area contributed by atoms with E-state index in [1.165, 1.54) is 5.56 Å². The summed E-state index contributed by atoms with van der Waals surface area (Å²) in [5.74, 6) is 0. The fourth-order valence-electron chi connectivity index (χ4n) is 16.5. The zero-order valence-corrected chi connectivity index (χ0v) is 57.5. The number of nitrogens with zero attached hydrogens (tertiary/aromatic N) is 5. The molecule has 0 amide bonds. The second kappa shape index (κ2) is 22.4. The molecule has 6 nitrogen and oxygen atoms in total. The SMILES string of the molecule is [2H]/C1=C(\[2H])Cc2c(c3c([2H])c([2H])c([2H])c([2H])c3n2-c2ccc3c(c2)N(c2ccc(C(C)(C)C)cc2-c2ccccc2)c2cc(-c4cccc5c4sc4ccc6oc7ccccc7c6c45)cc4c2B3c2ccc(-n3c5ccccc5c5ccncc53)cc2N4c2ccc(C(C)(C)C)cc2-c2ccccc2)/C([2H])=C(/[2H])C1. The van der Waals surface area contributed by atoms with Gasteiger partial charge in [0.25, 0.3) is 6.71 Å². The molecule has 0 N–H and O–H groups in total. The van der Waals surface area contributed by atoms with Crippen LogP contribution in [-0.4, -0.2) is 20.8 Å². The third kappa shape index (κ3) is 9.13. The summed E-state index contributed by atoms with van der Waals surface area (Å²) < 4.78 is 88.7. The number of hydrogen-bond donors (Lipinski definition) is 0. The van der Waals surface area contributed by atoms with Crippen LogP contribution in [0.1, 0.15) is 81.3 Å². The molecule has 0 fully saturated rings. The van der Waals surface area contributed by atoms with E-state index in [9.17, 15) is 8.22 Å². The van der Waals surface area contributed by atoms with Crippen LogP contribution in [0.5, 0.6) is 0 Å². The second-order valence-corrected chi connectivity index (χ2v) is 30.1. The normalized spacial score (nSPS) is 16.6. The summed E-state index contributed by atoms with van der Waals surface area (Å²) in [4.78, 5) is 9.75. The molecular weight excluding hydrogens is 1250 g/mol. The monoisotopic (exact) mass is 1320 g/mol. The highest BCUT2D eigenvalue weighted by Gasteiger charge is 2.45. The Kier molecular flexibility index (Phi) is 11.4. The van der Waals surface area contributed by atoms with Crippen LogP contribution in [0.25, 0.3) is 126 Å². The quantitative estimate of drug-likeness (QED) is 0.118. The number of aromatic nitrogens is 3. The lowest BCUT2D eigenvalue weighted by molar-refractivity contribution is 0.590. The van der Waals surface area contributed by atoms with Crippen molar-refractivity contribution in [2.75, 3.05) is 9.80 Å². The number of anilines is 6. The molecule has 0 saturated carbocycles. The predicted molar refractivity (Wildman–Crippen MR) is 430 cm³/mol. The largest absolute Gasteiger partial charge is 0.456 e.